The summed E-state index contributed by atoms with van der Waals surface area (Å²) in [7, 11) is -1.56. The van der Waals surface area contributed by atoms with Gasteiger partial charge >= 0.3 is 0 Å². The summed E-state index contributed by atoms with van der Waals surface area (Å²) < 4.78 is 0. The molecule has 2 heteroatoms. The molecule has 4 aromatic carbocycles. The molecule has 1 heterocycles. The van der Waals surface area contributed by atoms with E-state index in [2.05, 4.69) is 78.9 Å². The molecule has 0 N–H and O–H groups in total. The van der Waals surface area contributed by atoms with E-state index in [4.69, 9.17) is 11.6 Å². The third-order valence-corrected chi connectivity index (χ3v) is 11.3. The Labute approximate surface area is 166 Å². The predicted molar refractivity (Wildman–Crippen MR) is 123 cm³/mol. The summed E-state index contributed by atoms with van der Waals surface area (Å²) >= 11 is 6.95. The molecule has 0 atom stereocenters. The first kappa shape index (κ1) is 17.2. The average Bonchev–Trinajstić information content (AvgIpc) is 2.74. The highest BCUT2D eigenvalue weighted by molar-refractivity contribution is 7.90. The van der Waals surface area contributed by atoms with Crippen LogP contribution in [0.5, 0.6) is 0 Å². The summed E-state index contributed by atoms with van der Waals surface area (Å²) in [5, 5.41) is 9.37. The van der Waals surface area contributed by atoms with Crippen LogP contribution in [0.2, 0.25) is 5.02 Å². The molecule has 4 aromatic rings. The number of fused-ring (bicyclic) bond motifs is 2. The van der Waals surface area contributed by atoms with Gasteiger partial charge in [-0.15, -0.1) is 0 Å². The van der Waals surface area contributed by atoms with Gasteiger partial charge in [-0.2, -0.15) is 0 Å². The SMILES string of the molecule is Clc1ccc2ccccc2c1[P+]1(c2cccc3ccccc23)CCCCC1. The van der Waals surface area contributed by atoms with Crippen LogP contribution in [0.3, 0.4) is 0 Å². The van der Waals surface area contributed by atoms with E-state index < -0.39 is 7.26 Å². The van der Waals surface area contributed by atoms with Gasteiger partial charge in [0.05, 0.1) is 24.6 Å². The second-order valence-corrected chi connectivity index (χ2v) is 11.8. The van der Waals surface area contributed by atoms with Gasteiger partial charge in [0.2, 0.25) is 0 Å². The Hall–Kier alpha value is -1.88. The van der Waals surface area contributed by atoms with Crippen molar-refractivity contribution in [2.24, 2.45) is 0 Å². The third kappa shape index (κ3) is 2.78. The first-order valence-corrected chi connectivity index (χ1v) is 12.4. The molecule has 0 nitrogen and oxygen atoms in total. The van der Waals surface area contributed by atoms with E-state index in [1.807, 2.05) is 0 Å². The molecule has 0 saturated carbocycles. The van der Waals surface area contributed by atoms with Crippen LogP contribution in [0.15, 0.2) is 78.9 Å². The molecule has 0 radical (unpaired) electrons. The molecule has 0 aliphatic carbocycles. The number of benzene rings is 4. The smallest absolute Gasteiger partial charge is 0.0800 e. The van der Waals surface area contributed by atoms with E-state index in [1.165, 1.54) is 58.4 Å². The zero-order valence-electron chi connectivity index (χ0n) is 15.4. The highest BCUT2D eigenvalue weighted by Crippen LogP contribution is 2.63. The second kappa shape index (κ2) is 6.93. The van der Waals surface area contributed by atoms with Crippen LogP contribution in [0.25, 0.3) is 21.5 Å². The lowest BCUT2D eigenvalue weighted by Crippen LogP contribution is -2.31. The molecule has 134 valence electrons. The van der Waals surface area contributed by atoms with Gasteiger partial charge < -0.3 is 0 Å². The van der Waals surface area contributed by atoms with Crippen LogP contribution in [0.4, 0.5) is 0 Å². The molecule has 0 spiro atoms. The fraction of sp³-hybridized carbons (Fsp3) is 0.200. The summed E-state index contributed by atoms with van der Waals surface area (Å²) in [6.45, 7) is 0. The molecule has 27 heavy (non-hydrogen) atoms. The van der Waals surface area contributed by atoms with Crippen molar-refractivity contribution in [3.8, 4) is 0 Å². The number of rotatable bonds is 2. The van der Waals surface area contributed by atoms with Crippen LogP contribution in [0, 0.1) is 0 Å². The third-order valence-electron chi connectivity index (χ3n) is 6.09. The van der Waals surface area contributed by atoms with E-state index in [-0.39, 0.29) is 0 Å². The van der Waals surface area contributed by atoms with Crippen molar-refractivity contribution in [2.75, 3.05) is 12.3 Å². The Morgan fingerprint density at radius 2 is 1.22 bits per heavy atom. The van der Waals surface area contributed by atoms with Crippen molar-refractivity contribution < 1.29 is 0 Å². The molecule has 0 aromatic heterocycles. The standard InChI is InChI=1S/C25H23ClP/c26-23-16-15-20-10-3-5-13-22(20)25(23)27(17-6-1-7-18-27)24-14-8-11-19-9-2-4-12-21(19)24/h2-5,8-16H,1,6-7,17-18H2/q+1. The van der Waals surface area contributed by atoms with E-state index in [9.17, 15) is 0 Å². The molecule has 5 rings (SSSR count). The number of halogens is 1. The van der Waals surface area contributed by atoms with Gasteiger partial charge in [0.25, 0.3) is 0 Å². The maximum Gasteiger partial charge on any atom is 0.125 e. The fourth-order valence-corrected chi connectivity index (χ4v) is 10.6. The maximum absolute atomic E-state index is 6.95. The molecule has 1 aliphatic heterocycles. The lowest BCUT2D eigenvalue weighted by Gasteiger charge is -2.33. The molecular weight excluding hydrogens is 367 g/mol. The monoisotopic (exact) mass is 389 g/mol. The summed E-state index contributed by atoms with van der Waals surface area (Å²) in [6, 6.07) is 28.8. The van der Waals surface area contributed by atoms with Crippen LogP contribution in [-0.4, -0.2) is 12.3 Å². The Balaban J connectivity index is 1.88. The molecule has 1 fully saturated rings. The molecule has 1 saturated heterocycles. The van der Waals surface area contributed by atoms with Gasteiger partial charge in [-0.3, -0.25) is 0 Å². The summed E-state index contributed by atoms with van der Waals surface area (Å²) in [4.78, 5) is 0. The van der Waals surface area contributed by atoms with Gasteiger partial charge in [-0.25, -0.2) is 0 Å². The molecule has 1 aliphatic rings. The molecule has 0 unspecified atom stereocenters. The average molecular weight is 390 g/mol. The minimum absolute atomic E-state index is 0.955. The first-order valence-electron chi connectivity index (χ1n) is 9.83. The van der Waals surface area contributed by atoms with Gasteiger partial charge in [0.15, 0.2) is 0 Å². The van der Waals surface area contributed by atoms with Crippen LogP contribution in [-0.2, 0) is 0 Å². The Morgan fingerprint density at radius 1 is 0.593 bits per heavy atom. The van der Waals surface area contributed by atoms with E-state index in [1.54, 1.807) is 5.30 Å². The number of hydrogen-bond donors (Lipinski definition) is 0. The first-order chi connectivity index (χ1) is 13.3. The van der Waals surface area contributed by atoms with Crippen molar-refractivity contribution >= 4 is 51.0 Å². The Kier molecular flexibility index (Phi) is 4.43. The summed E-state index contributed by atoms with van der Waals surface area (Å²) in [5.41, 5.74) is 0. The predicted octanol–water partition coefficient (Wildman–Crippen LogP) is 6.80. The largest absolute Gasteiger partial charge is 0.125 e. The minimum atomic E-state index is -1.56. The summed E-state index contributed by atoms with van der Waals surface area (Å²) in [6.07, 6.45) is 6.49. The summed E-state index contributed by atoms with van der Waals surface area (Å²) in [5.74, 6) is 0. The van der Waals surface area contributed by atoms with Crippen LogP contribution >= 0.6 is 18.9 Å². The zero-order chi connectivity index (χ0) is 18.3. The van der Waals surface area contributed by atoms with Crippen molar-refractivity contribution in [3.05, 3.63) is 83.9 Å². The second-order valence-electron chi connectivity index (χ2n) is 7.59. The fourth-order valence-electron chi connectivity index (χ4n) is 4.88. The number of hydrogen-bond acceptors (Lipinski definition) is 0. The van der Waals surface area contributed by atoms with Crippen LogP contribution in [0.1, 0.15) is 19.3 Å². The van der Waals surface area contributed by atoms with E-state index in [0.717, 1.165) is 5.02 Å². The van der Waals surface area contributed by atoms with E-state index >= 15 is 0 Å². The molecule has 0 bridgehead atoms. The quantitative estimate of drug-likeness (QED) is 0.331. The van der Waals surface area contributed by atoms with Gasteiger partial charge in [0, 0.05) is 10.8 Å². The normalized spacial score (nSPS) is 16.6. The van der Waals surface area contributed by atoms with E-state index in [0.29, 0.717) is 0 Å². The minimum Gasteiger partial charge on any atom is -0.0800 e. The molecular formula is C25H23ClP+. The van der Waals surface area contributed by atoms with Crippen LogP contribution < -0.4 is 10.6 Å². The topological polar surface area (TPSA) is 0 Å². The van der Waals surface area contributed by atoms with Gasteiger partial charge in [-0.05, 0) is 42.2 Å². The molecule has 0 amide bonds. The zero-order valence-corrected chi connectivity index (χ0v) is 17.0. The lowest BCUT2D eigenvalue weighted by molar-refractivity contribution is 0.751. The van der Waals surface area contributed by atoms with Crippen molar-refractivity contribution in [1.82, 2.24) is 0 Å². The Morgan fingerprint density at radius 3 is 2.00 bits per heavy atom. The lowest BCUT2D eigenvalue weighted by atomic mass is 10.1. The maximum atomic E-state index is 6.95. The highest BCUT2D eigenvalue weighted by atomic mass is 35.5. The Bertz CT molecular complexity index is 1120. The van der Waals surface area contributed by atoms with Crippen molar-refractivity contribution in [3.63, 3.8) is 0 Å². The van der Waals surface area contributed by atoms with Crippen molar-refractivity contribution in [2.45, 2.75) is 19.3 Å². The van der Waals surface area contributed by atoms with Crippen molar-refractivity contribution in [1.29, 1.82) is 0 Å². The highest BCUT2D eigenvalue weighted by Gasteiger charge is 2.47. The van der Waals surface area contributed by atoms with Gasteiger partial charge in [-0.1, -0.05) is 78.3 Å². The van der Waals surface area contributed by atoms with Gasteiger partial charge in [0.1, 0.15) is 10.6 Å².